The first-order chi connectivity index (χ1) is 11.2. The van der Waals surface area contributed by atoms with E-state index in [9.17, 15) is 0 Å². The molecule has 1 fully saturated rings. The molecule has 1 aliphatic heterocycles. The molecule has 1 atom stereocenters. The predicted molar refractivity (Wildman–Crippen MR) is 91.6 cm³/mol. The minimum Gasteiger partial charge on any atom is -0.377 e. The Hall–Kier alpha value is -2.01. The normalized spacial score (nSPS) is 18.2. The van der Waals surface area contributed by atoms with E-state index in [0.717, 1.165) is 55.3 Å². The number of rotatable bonds is 4. The number of pyridine rings is 1. The molecule has 122 valence electrons. The third-order valence-corrected chi connectivity index (χ3v) is 4.34. The maximum Gasteiger partial charge on any atom is 0.180 e. The van der Waals surface area contributed by atoms with Crippen molar-refractivity contribution >= 4 is 5.82 Å². The van der Waals surface area contributed by atoms with Crippen molar-refractivity contribution in [2.75, 3.05) is 24.6 Å². The third-order valence-electron chi connectivity index (χ3n) is 4.34. The minimum atomic E-state index is 0.293. The summed E-state index contributed by atoms with van der Waals surface area (Å²) in [6.45, 7) is 8.86. The summed E-state index contributed by atoms with van der Waals surface area (Å²) in [7, 11) is 0. The number of aryl methyl sites for hydroxylation is 1. The van der Waals surface area contributed by atoms with Crippen LogP contribution in [0.3, 0.4) is 0 Å². The van der Waals surface area contributed by atoms with Gasteiger partial charge >= 0.3 is 0 Å². The van der Waals surface area contributed by atoms with Crippen LogP contribution in [0.15, 0.2) is 24.4 Å². The Morgan fingerprint density at radius 1 is 1.26 bits per heavy atom. The highest BCUT2D eigenvalue weighted by atomic mass is 16.5. The van der Waals surface area contributed by atoms with Gasteiger partial charge < -0.3 is 9.64 Å². The fourth-order valence-electron chi connectivity index (χ4n) is 3.03. The zero-order valence-corrected chi connectivity index (χ0v) is 14.1. The SMILES string of the molecule is CCOC1CCCN(c2nc(-c3ccccn3)nc(C)c2C)C1. The third kappa shape index (κ3) is 3.50. The highest BCUT2D eigenvalue weighted by molar-refractivity contribution is 5.57. The van der Waals surface area contributed by atoms with Crippen LogP contribution in [0.25, 0.3) is 11.5 Å². The molecular formula is C18H24N4O. The van der Waals surface area contributed by atoms with Gasteiger partial charge in [0, 0.05) is 37.2 Å². The largest absolute Gasteiger partial charge is 0.377 e. The highest BCUT2D eigenvalue weighted by Crippen LogP contribution is 2.26. The van der Waals surface area contributed by atoms with Crippen LogP contribution in [0.4, 0.5) is 5.82 Å². The lowest BCUT2D eigenvalue weighted by Crippen LogP contribution is -2.40. The molecule has 2 aromatic rings. The van der Waals surface area contributed by atoms with E-state index < -0.39 is 0 Å². The fourth-order valence-corrected chi connectivity index (χ4v) is 3.03. The van der Waals surface area contributed by atoms with E-state index in [1.807, 2.05) is 25.1 Å². The number of ether oxygens (including phenoxy) is 1. The molecule has 0 saturated carbocycles. The summed E-state index contributed by atoms with van der Waals surface area (Å²) in [6, 6.07) is 5.82. The summed E-state index contributed by atoms with van der Waals surface area (Å²) >= 11 is 0. The lowest BCUT2D eigenvalue weighted by molar-refractivity contribution is 0.0525. The molecule has 0 N–H and O–H groups in total. The second kappa shape index (κ2) is 7.04. The summed E-state index contributed by atoms with van der Waals surface area (Å²) in [5.41, 5.74) is 2.96. The first kappa shape index (κ1) is 15.9. The van der Waals surface area contributed by atoms with Gasteiger partial charge in [0.15, 0.2) is 5.82 Å². The molecule has 3 heterocycles. The summed E-state index contributed by atoms with van der Waals surface area (Å²) in [6.07, 6.45) is 4.33. The number of hydrogen-bond donors (Lipinski definition) is 0. The van der Waals surface area contributed by atoms with Crippen molar-refractivity contribution in [2.45, 2.75) is 39.7 Å². The van der Waals surface area contributed by atoms with Crippen LogP contribution in [-0.4, -0.2) is 40.8 Å². The summed E-state index contributed by atoms with van der Waals surface area (Å²) in [4.78, 5) is 16.2. The lowest BCUT2D eigenvalue weighted by Gasteiger charge is -2.34. The molecule has 1 aliphatic rings. The Morgan fingerprint density at radius 3 is 2.87 bits per heavy atom. The predicted octanol–water partition coefficient (Wildman–Crippen LogP) is 3.16. The molecule has 23 heavy (non-hydrogen) atoms. The van der Waals surface area contributed by atoms with E-state index in [1.165, 1.54) is 0 Å². The summed E-state index contributed by atoms with van der Waals surface area (Å²) in [5, 5.41) is 0. The van der Waals surface area contributed by atoms with Crippen molar-refractivity contribution in [3.8, 4) is 11.5 Å². The maximum atomic E-state index is 5.82. The summed E-state index contributed by atoms with van der Waals surface area (Å²) < 4.78 is 5.82. The molecule has 2 aromatic heterocycles. The first-order valence-electron chi connectivity index (χ1n) is 8.32. The van der Waals surface area contributed by atoms with Crippen LogP contribution in [0.2, 0.25) is 0 Å². The van der Waals surface area contributed by atoms with Crippen molar-refractivity contribution in [1.29, 1.82) is 0 Å². The Balaban J connectivity index is 1.93. The number of anilines is 1. The van der Waals surface area contributed by atoms with Crippen LogP contribution in [0, 0.1) is 13.8 Å². The van der Waals surface area contributed by atoms with Gasteiger partial charge in [-0.2, -0.15) is 0 Å². The number of hydrogen-bond acceptors (Lipinski definition) is 5. The Morgan fingerprint density at radius 2 is 2.13 bits per heavy atom. The average Bonchev–Trinajstić information content (AvgIpc) is 2.58. The molecule has 0 spiro atoms. The molecule has 0 aliphatic carbocycles. The maximum absolute atomic E-state index is 5.82. The van der Waals surface area contributed by atoms with E-state index in [2.05, 4.69) is 28.7 Å². The van der Waals surface area contributed by atoms with E-state index in [-0.39, 0.29) is 0 Å². The smallest absolute Gasteiger partial charge is 0.180 e. The van der Waals surface area contributed by atoms with Gasteiger partial charge in [-0.25, -0.2) is 9.97 Å². The average molecular weight is 312 g/mol. The molecule has 0 radical (unpaired) electrons. The van der Waals surface area contributed by atoms with Gasteiger partial charge in [0.05, 0.1) is 6.10 Å². The quantitative estimate of drug-likeness (QED) is 0.868. The molecular weight excluding hydrogens is 288 g/mol. The van der Waals surface area contributed by atoms with Gasteiger partial charge in [0.25, 0.3) is 0 Å². The first-order valence-corrected chi connectivity index (χ1v) is 8.32. The van der Waals surface area contributed by atoms with Crippen LogP contribution < -0.4 is 4.90 Å². The number of nitrogens with zero attached hydrogens (tertiary/aromatic N) is 4. The van der Waals surface area contributed by atoms with Gasteiger partial charge in [-0.3, -0.25) is 4.98 Å². The van der Waals surface area contributed by atoms with Crippen molar-refractivity contribution in [2.24, 2.45) is 0 Å². The molecule has 5 heteroatoms. The number of piperidine rings is 1. The van der Waals surface area contributed by atoms with Crippen molar-refractivity contribution in [3.05, 3.63) is 35.7 Å². The van der Waals surface area contributed by atoms with E-state index in [1.54, 1.807) is 6.20 Å². The topological polar surface area (TPSA) is 51.1 Å². The van der Waals surface area contributed by atoms with Crippen molar-refractivity contribution < 1.29 is 4.74 Å². The molecule has 1 unspecified atom stereocenters. The van der Waals surface area contributed by atoms with Crippen LogP contribution >= 0.6 is 0 Å². The van der Waals surface area contributed by atoms with Crippen LogP contribution in [0.5, 0.6) is 0 Å². The van der Waals surface area contributed by atoms with Gasteiger partial charge in [-0.1, -0.05) is 6.07 Å². The molecule has 0 aromatic carbocycles. The van der Waals surface area contributed by atoms with E-state index >= 15 is 0 Å². The Labute approximate surface area is 137 Å². The van der Waals surface area contributed by atoms with Crippen molar-refractivity contribution in [1.82, 2.24) is 15.0 Å². The van der Waals surface area contributed by atoms with Gasteiger partial charge in [-0.15, -0.1) is 0 Å². The molecule has 1 saturated heterocycles. The standard InChI is InChI=1S/C18H24N4O/c1-4-23-15-8-7-11-22(12-15)18-13(2)14(3)20-17(21-18)16-9-5-6-10-19-16/h5-6,9-10,15H,4,7-8,11-12H2,1-3H3. The molecule has 0 bridgehead atoms. The molecule has 0 amide bonds. The Kier molecular flexibility index (Phi) is 4.86. The van der Waals surface area contributed by atoms with E-state index in [0.29, 0.717) is 11.9 Å². The zero-order chi connectivity index (χ0) is 16.2. The summed E-state index contributed by atoms with van der Waals surface area (Å²) in [5.74, 6) is 1.71. The number of aromatic nitrogens is 3. The lowest BCUT2D eigenvalue weighted by atomic mass is 10.1. The molecule has 5 nitrogen and oxygen atoms in total. The second-order valence-electron chi connectivity index (χ2n) is 5.96. The minimum absolute atomic E-state index is 0.293. The second-order valence-corrected chi connectivity index (χ2v) is 5.96. The van der Waals surface area contributed by atoms with Gasteiger partial charge in [0.2, 0.25) is 0 Å². The van der Waals surface area contributed by atoms with Crippen LogP contribution in [-0.2, 0) is 4.74 Å². The van der Waals surface area contributed by atoms with Gasteiger partial charge in [-0.05, 0) is 45.7 Å². The zero-order valence-electron chi connectivity index (χ0n) is 14.1. The monoisotopic (exact) mass is 312 g/mol. The van der Waals surface area contributed by atoms with Crippen molar-refractivity contribution in [3.63, 3.8) is 0 Å². The fraction of sp³-hybridized carbons (Fsp3) is 0.500. The molecule has 3 rings (SSSR count). The van der Waals surface area contributed by atoms with Crippen LogP contribution in [0.1, 0.15) is 31.0 Å². The Bertz CT molecular complexity index is 658. The van der Waals surface area contributed by atoms with E-state index in [4.69, 9.17) is 9.72 Å². The van der Waals surface area contributed by atoms with Gasteiger partial charge in [0.1, 0.15) is 11.5 Å². The highest BCUT2D eigenvalue weighted by Gasteiger charge is 2.23.